The van der Waals surface area contributed by atoms with Gasteiger partial charge in [0, 0.05) is 18.7 Å². The van der Waals surface area contributed by atoms with Gasteiger partial charge in [-0.15, -0.1) is 0 Å². The van der Waals surface area contributed by atoms with Crippen molar-refractivity contribution in [3.05, 3.63) is 54.1 Å². The molecule has 1 saturated heterocycles. The Bertz CT molecular complexity index is 730. The van der Waals surface area contributed by atoms with E-state index in [0.29, 0.717) is 19.8 Å². The van der Waals surface area contributed by atoms with Gasteiger partial charge >= 0.3 is 0 Å². The molecule has 4 nitrogen and oxygen atoms in total. The molecular formula is C22H27NO3S. The second kappa shape index (κ2) is 10.2. The van der Waals surface area contributed by atoms with Gasteiger partial charge in [0.25, 0.3) is 0 Å². The highest BCUT2D eigenvalue weighted by molar-refractivity contribution is 7.80. The molecule has 0 unspecified atom stereocenters. The van der Waals surface area contributed by atoms with E-state index in [1.54, 1.807) is 0 Å². The third kappa shape index (κ3) is 5.60. The number of benzene rings is 2. The van der Waals surface area contributed by atoms with Gasteiger partial charge in [0.15, 0.2) is 11.5 Å². The van der Waals surface area contributed by atoms with E-state index in [1.165, 1.54) is 19.3 Å². The maximum Gasteiger partial charge on any atom is 0.161 e. The number of hydrogen-bond donors (Lipinski definition) is 0. The van der Waals surface area contributed by atoms with Crippen molar-refractivity contribution < 1.29 is 14.2 Å². The van der Waals surface area contributed by atoms with E-state index in [4.69, 9.17) is 26.4 Å². The molecule has 1 aliphatic heterocycles. The van der Waals surface area contributed by atoms with Gasteiger partial charge in [-0.1, -0.05) is 30.4 Å². The summed E-state index contributed by atoms with van der Waals surface area (Å²) < 4.78 is 17.3. The van der Waals surface area contributed by atoms with Crippen molar-refractivity contribution in [2.24, 2.45) is 0 Å². The molecule has 3 rings (SSSR count). The first-order valence-corrected chi connectivity index (χ1v) is 10.1. The SMILES string of the molecule is CCOc1cc(C(=S)N2CCCCC2)ccc1OCCOc1ccccc1. The number of para-hydroxylation sites is 1. The van der Waals surface area contributed by atoms with Gasteiger partial charge in [-0.3, -0.25) is 0 Å². The Morgan fingerprint density at radius 3 is 2.37 bits per heavy atom. The molecule has 1 aliphatic rings. The molecule has 0 bridgehead atoms. The second-order valence-electron chi connectivity index (χ2n) is 6.46. The molecule has 0 atom stereocenters. The lowest BCUT2D eigenvalue weighted by atomic mass is 10.1. The fourth-order valence-electron chi connectivity index (χ4n) is 3.14. The summed E-state index contributed by atoms with van der Waals surface area (Å²) in [6.07, 6.45) is 3.71. The molecule has 0 saturated carbocycles. The van der Waals surface area contributed by atoms with Gasteiger partial charge in [0.05, 0.1) is 6.61 Å². The number of likely N-dealkylation sites (tertiary alicyclic amines) is 1. The van der Waals surface area contributed by atoms with Crippen molar-refractivity contribution in [1.82, 2.24) is 4.90 Å². The quantitative estimate of drug-likeness (QED) is 0.485. The largest absolute Gasteiger partial charge is 0.490 e. The average Bonchev–Trinajstić information content (AvgIpc) is 2.73. The number of hydrogen-bond acceptors (Lipinski definition) is 4. The van der Waals surface area contributed by atoms with Crippen LogP contribution in [0.15, 0.2) is 48.5 Å². The molecule has 2 aromatic rings. The number of rotatable bonds is 8. The Kier molecular flexibility index (Phi) is 7.34. The van der Waals surface area contributed by atoms with Crippen LogP contribution in [0.5, 0.6) is 17.2 Å². The van der Waals surface area contributed by atoms with Crippen molar-refractivity contribution in [3.8, 4) is 17.2 Å². The Labute approximate surface area is 167 Å². The average molecular weight is 386 g/mol. The van der Waals surface area contributed by atoms with Crippen LogP contribution in [0, 0.1) is 0 Å². The summed E-state index contributed by atoms with van der Waals surface area (Å²) in [5.41, 5.74) is 1.02. The van der Waals surface area contributed by atoms with E-state index >= 15 is 0 Å². The summed E-state index contributed by atoms with van der Waals surface area (Å²) in [4.78, 5) is 3.19. The zero-order chi connectivity index (χ0) is 18.9. The Morgan fingerprint density at radius 2 is 1.63 bits per heavy atom. The van der Waals surface area contributed by atoms with Crippen molar-refractivity contribution >= 4 is 17.2 Å². The lowest BCUT2D eigenvalue weighted by Gasteiger charge is -2.29. The normalized spacial score (nSPS) is 13.9. The van der Waals surface area contributed by atoms with Crippen molar-refractivity contribution in [2.75, 3.05) is 32.9 Å². The molecule has 1 heterocycles. The number of ether oxygens (including phenoxy) is 3. The molecule has 27 heavy (non-hydrogen) atoms. The second-order valence-corrected chi connectivity index (χ2v) is 6.84. The Morgan fingerprint density at radius 1 is 0.889 bits per heavy atom. The van der Waals surface area contributed by atoms with Gasteiger partial charge in [-0.05, 0) is 56.5 Å². The first-order chi connectivity index (χ1) is 13.3. The van der Waals surface area contributed by atoms with Crippen LogP contribution in [0.1, 0.15) is 31.7 Å². The van der Waals surface area contributed by atoms with Gasteiger partial charge in [0.2, 0.25) is 0 Å². The van der Waals surface area contributed by atoms with Gasteiger partial charge in [0.1, 0.15) is 24.0 Å². The molecule has 0 amide bonds. The van der Waals surface area contributed by atoms with Crippen LogP contribution in [-0.2, 0) is 0 Å². The molecule has 144 valence electrons. The van der Waals surface area contributed by atoms with Crippen LogP contribution in [0.25, 0.3) is 0 Å². The predicted octanol–water partition coefficient (Wildman–Crippen LogP) is 4.70. The first-order valence-electron chi connectivity index (χ1n) is 9.64. The fourth-order valence-corrected chi connectivity index (χ4v) is 3.45. The Balaban J connectivity index is 1.60. The topological polar surface area (TPSA) is 30.9 Å². The number of nitrogens with zero attached hydrogens (tertiary/aromatic N) is 1. The van der Waals surface area contributed by atoms with E-state index in [2.05, 4.69) is 4.90 Å². The van der Waals surface area contributed by atoms with Crippen LogP contribution in [0.4, 0.5) is 0 Å². The lowest BCUT2D eigenvalue weighted by Crippen LogP contribution is -2.34. The molecule has 0 aliphatic carbocycles. The molecule has 0 radical (unpaired) electrons. The summed E-state index contributed by atoms with van der Waals surface area (Å²) in [5, 5.41) is 0. The van der Waals surface area contributed by atoms with Crippen LogP contribution in [-0.4, -0.2) is 42.8 Å². The Hall–Kier alpha value is -2.27. The third-order valence-corrected chi connectivity index (χ3v) is 4.98. The van der Waals surface area contributed by atoms with Crippen LogP contribution < -0.4 is 14.2 Å². The van der Waals surface area contributed by atoms with Crippen LogP contribution in [0.3, 0.4) is 0 Å². The molecule has 0 spiro atoms. The molecule has 5 heteroatoms. The van der Waals surface area contributed by atoms with Crippen molar-refractivity contribution in [1.29, 1.82) is 0 Å². The molecule has 1 fully saturated rings. The summed E-state index contributed by atoms with van der Waals surface area (Å²) in [5.74, 6) is 2.29. The van der Waals surface area contributed by atoms with E-state index in [0.717, 1.165) is 40.9 Å². The van der Waals surface area contributed by atoms with Gasteiger partial charge < -0.3 is 19.1 Å². The number of thiocarbonyl (C=S) groups is 1. The third-order valence-electron chi connectivity index (χ3n) is 4.49. The predicted molar refractivity (Wildman–Crippen MR) is 112 cm³/mol. The van der Waals surface area contributed by atoms with Crippen LogP contribution >= 0.6 is 12.2 Å². The summed E-state index contributed by atoms with van der Waals surface area (Å²) in [6, 6.07) is 15.7. The summed E-state index contributed by atoms with van der Waals surface area (Å²) in [7, 11) is 0. The highest BCUT2D eigenvalue weighted by Gasteiger charge is 2.17. The highest BCUT2D eigenvalue weighted by Crippen LogP contribution is 2.29. The lowest BCUT2D eigenvalue weighted by molar-refractivity contribution is 0.208. The smallest absolute Gasteiger partial charge is 0.161 e. The monoisotopic (exact) mass is 385 g/mol. The summed E-state index contributed by atoms with van der Waals surface area (Å²) >= 11 is 5.70. The van der Waals surface area contributed by atoms with Gasteiger partial charge in [-0.25, -0.2) is 0 Å². The van der Waals surface area contributed by atoms with E-state index in [-0.39, 0.29) is 0 Å². The van der Waals surface area contributed by atoms with E-state index in [1.807, 2.05) is 55.5 Å². The minimum atomic E-state index is 0.449. The minimum absolute atomic E-state index is 0.449. The maximum absolute atomic E-state index is 5.88. The first kappa shape index (κ1) is 19.5. The van der Waals surface area contributed by atoms with Crippen molar-refractivity contribution in [3.63, 3.8) is 0 Å². The zero-order valence-electron chi connectivity index (χ0n) is 15.9. The van der Waals surface area contributed by atoms with E-state index in [9.17, 15) is 0 Å². The molecule has 0 N–H and O–H groups in total. The highest BCUT2D eigenvalue weighted by atomic mass is 32.1. The van der Waals surface area contributed by atoms with E-state index < -0.39 is 0 Å². The van der Waals surface area contributed by atoms with Crippen molar-refractivity contribution in [2.45, 2.75) is 26.2 Å². The summed E-state index contributed by atoms with van der Waals surface area (Å²) in [6.45, 7) is 5.55. The van der Waals surface area contributed by atoms with Crippen LogP contribution in [0.2, 0.25) is 0 Å². The fraction of sp³-hybridized carbons (Fsp3) is 0.409. The number of piperidine rings is 1. The standard InChI is InChI=1S/C22H27NO3S/c1-2-24-21-17-18(22(27)23-13-7-4-8-14-23)11-12-20(21)26-16-15-25-19-9-5-3-6-10-19/h3,5-6,9-12,17H,2,4,7-8,13-16H2,1H3. The van der Waals surface area contributed by atoms with Gasteiger partial charge in [-0.2, -0.15) is 0 Å². The zero-order valence-corrected chi connectivity index (χ0v) is 16.7. The minimum Gasteiger partial charge on any atom is -0.490 e. The maximum atomic E-state index is 5.88. The molecule has 0 aromatic heterocycles. The molecule has 2 aromatic carbocycles. The molecular weight excluding hydrogens is 358 g/mol.